The van der Waals surface area contributed by atoms with Gasteiger partial charge in [-0.1, -0.05) is 0 Å². The van der Waals surface area contributed by atoms with Crippen LogP contribution in [0.5, 0.6) is 0 Å². The summed E-state index contributed by atoms with van der Waals surface area (Å²) in [5.41, 5.74) is 7.32. The number of esters is 1. The number of nitrogens with zero attached hydrogens (tertiary/aromatic N) is 2. The number of nitrogens with two attached hydrogens (primary N) is 1. The lowest BCUT2D eigenvalue weighted by atomic mass is 9.75. The Bertz CT molecular complexity index is 1410. The van der Waals surface area contributed by atoms with Crippen LogP contribution in [0.2, 0.25) is 0 Å². The Labute approximate surface area is 288 Å². The van der Waals surface area contributed by atoms with Gasteiger partial charge in [-0.2, -0.15) is 0 Å². The SMILES string of the molecule is COC1CCC([C@@H]2CCN(C(=O)[C@H]3CC[C@H]([C@H](N)CCF)CC3)[C@@H]2C(=O)Nc2ccc3oc(C(=O)OCCN4CCOCC4)cc3c2)CC1. The van der Waals surface area contributed by atoms with Gasteiger partial charge in [-0.25, -0.2) is 4.79 Å². The molecule has 2 aromatic rings. The number of likely N-dealkylation sites (tertiary alicyclic amines) is 1. The second-order valence-corrected chi connectivity index (χ2v) is 14.4. The molecule has 1 aromatic heterocycles. The van der Waals surface area contributed by atoms with E-state index in [1.165, 1.54) is 0 Å². The number of fused-ring (bicyclic) bond motifs is 1. The van der Waals surface area contributed by atoms with E-state index in [0.717, 1.165) is 58.0 Å². The highest BCUT2D eigenvalue weighted by Crippen LogP contribution is 2.42. The number of halogens is 1. The van der Waals surface area contributed by atoms with Crippen molar-refractivity contribution in [3.63, 3.8) is 0 Å². The number of hydrogen-bond donors (Lipinski definition) is 2. The number of alkyl halides is 1. The van der Waals surface area contributed by atoms with Crippen molar-refractivity contribution in [2.45, 2.75) is 82.4 Å². The number of morpholine rings is 1. The number of anilines is 1. The van der Waals surface area contributed by atoms with Crippen LogP contribution in [0.15, 0.2) is 28.7 Å². The van der Waals surface area contributed by atoms with E-state index in [4.69, 9.17) is 24.4 Å². The van der Waals surface area contributed by atoms with Crippen LogP contribution in [-0.4, -0.2) is 106 Å². The van der Waals surface area contributed by atoms with E-state index in [-0.39, 0.29) is 54.1 Å². The molecule has 2 amide bonds. The van der Waals surface area contributed by atoms with Gasteiger partial charge in [0.1, 0.15) is 18.2 Å². The molecule has 0 unspecified atom stereocenters. The minimum atomic E-state index is -0.569. The molecule has 0 bridgehead atoms. The fourth-order valence-electron chi connectivity index (χ4n) is 8.64. The van der Waals surface area contributed by atoms with Gasteiger partial charge in [0.2, 0.25) is 17.6 Å². The van der Waals surface area contributed by atoms with Gasteiger partial charge < -0.3 is 34.6 Å². The predicted octanol–water partition coefficient (Wildman–Crippen LogP) is 4.78. The molecule has 3 N–H and O–H groups in total. The summed E-state index contributed by atoms with van der Waals surface area (Å²) in [6.45, 7) is 4.03. The molecular weight excluding hydrogens is 631 g/mol. The van der Waals surface area contributed by atoms with E-state index in [9.17, 15) is 18.8 Å². The molecule has 0 spiro atoms. The number of ether oxygens (including phenoxy) is 3. The number of hydrogen-bond acceptors (Lipinski definition) is 9. The van der Waals surface area contributed by atoms with Crippen molar-refractivity contribution in [3.8, 4) is 0 Å². The Morgan fingerprint density at radius 2 is 1.76 bits per heavy atom. The Hall–Kier alpha value is -3.06. The first-order chi connectivity index (χ1) is 23.8. The number of rotatable bonds is 12. The topological polar surface area (TPSA) is 137 Å². The molecular formula is C37H53FN4O7. The zero-order chi connectivity index (χ0) is 34.3. The monoisotopic (exact) mass is 684 g/mol. The van der Waals surface area contributed by atoms with Gasteiger partial charge in [0.05, 0.1) is 26.0 Å². The van der Waals surface area contributed by atoms with Crippen molar-refractivity contribution in [3.05, 3.63) is 30.0 Å². The van der Waals surface area contributed by atoms with Crippen LogP contribution < -0.4 is 11.1 Å². The summed E-state index contributed by atoms with van der Waals surface area (Å²) >= 11 is 0. The van der Waals surface area contributed by atoms with E-state index < -0.39 is 18.7 Å². The highest BCUT2D eigenvalue weighted by molar-refractivity contribution is 6.00. The summed E-state index contributed by atoms with van der Waals surface area (Å²) in [6.07, 6.45) is 8.29. The van der Waals surface area contributed by atoms with Gasteiger partial charge in [0.15, 0.2) is 0 Å². The Balaban J connectivity index is 1.12. The Morgan fingerprint density at radius 3 is 2.47 bits per heavy atom. The molecule has 2 aliphatic carbocycles. The summed E-state index contributed by atoms with van der Waals surface area (Å²) in [6, 6.07) is 6.19. The second kappa shape index (κ2) is 16.8. The van der Waals surface area contributed by atoms with E-state index >= 15 is 0 Å². The first kappa shape index (κ1) is 35.8. The summed E-state index contributed by atoms with van der Waals surface area (Å²) in [7, 11) is 1.76. The lowest BCUT2D eigenvalue weighted by Crippen LogP contribution is -2.50. The van der Waals surface area contributed by atoms with Crippen molar-refractivity contribution >= 4 is 34.4 Å². The zero-order valence-corrected chi connectivity index (χ0v) is 28.8. The standard InChI is InChI=1S/C37H53FN4O7/c1-46-29-9-6-24(7-10-29)30-13-15-42(36(44)26-4-2-25(3-5-26)31(39)12-14-38)34(30)35(43)40-28-8-11-32-27(22-28)23-33(49-32)37(45)48-21-18-41-16-19-47-20-17-41/h8,11,22-26,29-31,34H,2-7,9-10,12-21,39H2,1H3,(H,40,43)/t24?,25-,26-,29?,30-,31+,34-/m0/s1. The molecule has 4 fully saturated rings. The highest BCUT2D eigenvalue weighted by atomic mass is 19.1. The quantitative estimate of drug-likeness (QED) is 0.303. The highest BCUT2D eigenvalue weighted by Gasteiger charge is 2.47. The summed E-state index contributed by atoms with van der Waals surface area (Å²) in [5.74, 6) is -0.0745. The van der Waals surface area contributed by atoms with Crippen molar-refractivity contribution in [1.82, 2.24) is 9.80 Å². The molecule has 4 aliphatic rings. The first-order valence-corrected chi connectivity index (χ1v) is 18.3. The molecule has 2 saturated carbocycles. The van der Waals surface area contributed by atoms with Crippen LogP contribution in [0.3, 0.4) is 0 Å². The van der Waals surface area contributed by atoms with Crippen LogP contribution in [0.1, 0.15) is 74.8 Å². The largest absolute Gasteiger partial charge is 0.458 e. The van der Waals surface area contributed by atoms with Crippen LogP contribution in [0.4, 0.5) is 10.1 Å². The molecule has 270 valence electrons. The van der Waals surface area contributed by atoms with E-state index in [1.54, 1.807) is 31.4 Å². The lowest BCUT2D eigenvalue weighted by Gasteiger charge is -2.37. The normalized spacial score (nSPS) is 28.8. The van der Waals surface area contributed by atoms with Crippen LogP contribution in [-0.2, 0) is 23.8 Å². The fourth-order valence-corrected chi connectivity index (χ4v) is 8.64. The molecule has 6 rings (SSSR count). The number of benzene rings is 1. The summed E-state index contributed by atoms with van der Waals surface area (Å²) in [5, 5.41) is 3.79. The van der Waals surface area contributed by atoms with Gasteiger partial charge in [0.25, 0.3) is 0 Å². The third kappa shape index (κ3) is 8.64. The smallest absolute Gasteiger partial charge is 0.374 e. The van der Waals surface area contributed by atoms with Gasteiger partial charge in [0, 0.05) is 56.3 Å². The average molecular weight is 685 g/mol. The fraction of sp³-hybridized carbons (Fsp3) is 0.703. The van der Waals surface area contributed by atoms with Crippen LogP contribution in [0, 0.1) is 23.7 Å². The molecule has 2 aliphatic heterocycles. The number of furan rings is 1. The molecule has 49 heavy (non-hydrogen) atoms. The third-order valence-corrected chi connectivity index (χ3v) is 11.6. The summed E-state index contributed by atoms with van der Waals surface area (Å²) in [4.78, 5) is 45.0. The molecule has 1 aromatic carbocycles. The first-order valence-electron chi connectivity index (χ1n) is 18.3. The average Bonchev–Trinajstić information content (AvgIpc) is 3.77. The van der Waals surface area contributed by atoms with Crippen LogP contribution >= 0.6 is 0 Å². The predicted molar refractivity (Wildman–Crippen MR) is 183 cm³/mol. The third-order valence-electron chi connectivity index (χ3n) is 11.6. The Morgan fingerprint density at radius 1 is 1.00 bits per heavy atom. The lowest BCUT2D eigenvalue weighted by molar-refractivity contribution is -0.142. The van der Waals surface area contributed by atoms with Gasteiger partial charge in [-0.15, -0.1) is 0 Å². The number of methoxy groups -OCH3 is 1. The van der Waals surface area contributed by atoms with Gasteiger partial charge >= 0.3 is 5.97 Å². The minimum Gasteiger partial charge on any atom is -0.458 e. The second-order valence-electron chi connectivity index (χ2n) is 14.4. The molecule has 3 heterocycles. The van der Waals surface area contributed by atoms with Crippen molar-refractivity contribution in [2.75, 3.05) is 65.1 Å². The maximum Gasteiger partial charge on any atom is 0.374 e. The van der Waals surface area contributed by atoms with Crippen molar-refractivity contribution in [1.29, 1.82) is 0 Å². The number of carbonyl (C=O) groups is 3. The van der Waals surface area contributed by atoms with Crippen molar-refractivity contribution in [2.24, 2.45) is 29.4 Å². The maximum absolute atomic E-state index is 14.2. The van der Waals surface area contributed by atoms with E-state index in [1.807, 2.05) is 4.90 Å². The Kier molecular flexibility index (Phi) is 12.2. The number of nitrogens with one attached hydrogen (secondary N) is 1. The summed E-state index contributed by atoms with van der Waals surface area (Å²) < 4.78 is 35.1. The number of amides is 2. The molecule has 3 atom stereocenters. The van der Waals surface area contributed by atoms with Crippen molar-refractivity contribution < 1.29 is 37.4 Å². The maximum atomic E-state index is 14.2. The number of carbonyl (C=O) groups excluding carboxylic acids is 3. The zero-order valence-electron chi connectivity index (χ0n) is 28.8. The molecule has 2 saturated heterocycles. The van der Waals surface area contributed by atoms with E-state index in [2.05, 4.69) is 10.2 Å². The molecule has 11 nitrogen and oxygen atoms in total. The van der Waals surface area contributed by atoms with Gasteiger partial charge in [-0.3, -0.25) is 18.9 Å². The molecule has 0 radical (unpaired) electrons. The van der Waals surface area contributed by atoms with E-state index in [0.29, 0.717) is 68.1 Å². The minimum absolute atomic E-state index is 0.0489. The van der Waals surface area contributed by atoms with Gasteiger partial charge in [-0.05, 0) is 106 Å². The molecule has 12 heteroatoms. The van der Waals surface area contributed by atoms with Crippen LogP contribution in [0.25, 0.3) is 11.0 Å².